The van der Waals surface area contributed by atoms with Crippen LogP contribution in [-0.4, -0.2) is 60.8 Å². The maximum absolute atomic E-state index is 12.5. The predicted octanol–water partition coefficient (Wildman–Crippen LogP) is 1.65. The van der Waals surface area contributed by atoms with Crippen LogP contribution in [-0.2, 0) is 14.8 Å². The molecule has 0 saturated heterocycles. The number of carbonyl (C=O) groups excluding carboxylic acids is 1. The minimum absolute atomic E-state index is 0.0406. The molecule has 1 rings (SSSR count). The van der Waals surface area contributed by atoms with Crippen LogP contribution in [0.1, 0.15) is 37.6 Å². The Morgan fingerprint density at radius 2 is 1.88 bits per heavy atom. The lowest BCUT2D eigenvalue weighted by Gasteiger charge is -2.22. The van der Waals surface area contributed by atoms with Gasteiger partial charge in [0.05, 0.1) is 11.3 Å². The van der Waals surface area contributed by atoms with Crippen molar-refractivity contribution in [3.05, 3.63) is 29.8 Å². The van der Waals surface area contributed by atoms with Crippen molar-refractivity contribution in [2.45, 2.75) is 38.1 Å². The molecular weight excluding hydrogens is 332 g/mol. The third-order valence-electron chi connectivity index (χ3n) is 3.75. The van der Waals surface area contributed by atoms with Gasteiger partial charge >= 0.3 is 5.97 Å². The van der Waals surface area contributed by atoms with Gasteiger partial charge in [0.25, 0.3) is 5.91 Å². The molecule has 0 fully saturated rings. The number of hydrogen-bond donors (Lipinski definition) is 1. The van der Waals surface area contributed by atoms with E-state index in [4.69, 9.17) is 5.11 Å². The molecule has 1 amide bonds. The summed E-state index contributed by atoms with van der Waals surface area (Å²) in [5.41, 5.74) is 0.223. The Balaban J connectivity index is 3.11. The van der Waals surface area contributed by atoms with Gasteiger partial charge in [-0.2, -0.15) is 4.31 Å². The van der Waals surface area contributed by atoms with E-state index in [0.29, 0.717) is 6.54 Å². The molecule has 0 radical (unpaired) electrons. The summed E-state index contributed by atoms with van der Waals surface area (Å²) in [4.78, 5) is 24.6. The SMILES string of the molecule is CCN(CCC(=O)O)C(=O)c1cccc(S(=O)(=O)N(C)C(C)C)c1. The molecule has 1 aromatic rings. The molecule has 0 bridgehead atoms. The van der Waals surface area contributed by atoms with Crippen LogP contribution in [0.25, 0.3) is 0 Å². The molecule has 0 unspecified atom stereocenters. The van der Waals surface area contributed by atoms with Crippen molar-refractivity contribution >= 4 is 21.9 Å². The molecule has 1 N–H and O–H groups in total. The highest BCUT2D eigenvalue weighted by molar-refractivity contribution is 7.89. The molecule has 1 aromatic carbocycles. The van der Waals surface area contributed by atoms with E-state index in [1.165, 1.54) is 40.5 Å². The molecular formula is C16H24N2O5S. The summed E-state index contributed by atoms with van der Waals surface area (Å²) >= 11 is 0. The van der Waals surface area contributed by atoms with Crippen LogP contribution in [0, 0.1) is 0 Å². The van der Waals surface area contributed by atoms with Crippen molar-refractivity contribution in [3.8, 4) is 0 Å². The Morgan fingerprint density at radius 3 is 2.38 bits per heavy atom. The number of carboxylic acid groups (broad SMARTS) is 1. The lowest BCUT2D eigenvalue weighted by atomic mass is 10.2. The Bertz CT molecular complexity index is 700. The van der Waals surface area contributed by atoms with Gasteiger partial charge in [-0.15, -0.1) is 0 Å². The average Bonchev–Trinajstić information content (AvgIpc) is 2.54. The molecule has 134 valence electrons. The third kappa shape index (κ3) is 4.78. The van der Waals surface area contributed by atoms with Gasteiger partial charge in [-0.05, 0) is 39.0 Å². The predicted molar refractivity (Wildman–Crippen MR) is 90.4 cm³/mol. The lowest BCUT2D eigenvalue weighted by Crippen LogP contribution is -2.34. The number of carbonyl (C=O) groups is 2. The third-order valence-corrected chi connectivity index (χ3v) is 5.78. The molecule has 0 aliphatic heterocycles. The molecule has 0 aliphatic carbocycles. The Labute approximate surface area is 142 Å². The normalized spacial score (nSPS) is 11.8. The number of sulfonamides is 1. The van der Waals surface area contributed by atoms with Crippen LogP contribution in [0.4, 0.5) is 0 Å². The number of benzene rings is 1. The molecule has 0 saturated carbocycles. The quantitative estimate of drug-likeness (QED) is 0.764. The average molecular weight is 356 g/mol. The fraction of sp³-hybridized carbons (Fsp3) is 0.500. The van der Waals surface area contributed by atoms with Crippen LogP contribution in [0.3, 0.4) is 0 Å². The van der Waals surface area contributed by atoms with Gasteiger partial charge in [-0.3, -0.25) is 9.59 Å². The van der Waals surface area contributed by atoms with E-state index in [1.807, 2.05) is 0 Å². The largest absolute Gasteiger partial charge is 0.481 e. The monoisotopic (exact) mass is 356 g/mol. The highest BCUT2D eigenvalue weighted by atomic mass is 32.2. The van der Waals surface area contributed by atoms with Crippen molar-refractivity contribution in [3.63, 3.8) is 0 Å². The van der Waals surface area contributed by atoms with E-state index in [-0.39, 0.29) is 35.4 Å². The molecule has 8 heteroatoms. The minimum Gasteiger partial charge on any atom is -0.481 e. The number of nitrogens with zero attached hydrogens (tertiary/aromatic N) is 2. The summed E-state index contributed by atoms with van der Waals surface area (Å²) in [6.07, 6.45) is -0.159. The standard InChI is InChI=1S/C16H24N2O5S/c1-5-18(10-9-15(19)20)16(21)13-7-6-8-14(11-13)24(22,23)17(4)12(2)3/h6-8,11-12H,5,9-10H2,1-4H3,(H,19,20). The molecule has 7 nitrogen and oxygen atoms in total. The van der Waals surface area contributed by atoms with Gasteiger partial charge in [0, 0.05) is 31.7 Å². The molecule has 0 spiro atoms. The molecule has 0 atom stereocenters. The first-order valence-electron chi connectivity index (χ1n) is 7.70. The van der Waals surface area contributed by atoms with Crippen molar-refractivity contribution < 1.29 is 23.1 Å². The maximum Gasteiger partial charge on any atom is 0.305 e. The van der Waals surface area contributed by atoms with Crippen LogP contribution in [0.15, 0.2) is 29.2 Å². The van der Waals surface area contributed by atoms with E-state index < -0.39 is 16.0 Å². The number of aliphatic carboxylic acids is 1. The van der Waals surface area contributed by atoms with Crippen molar-refractivity contribution in [1.82, 2.24) is 9.21 Å². The fourth-order valence-corrected chi connectivity index (χ4v) is 3.46. The van der Waals surface area contributed by atoms with E-state index in [1.54, 1.807) is 20.8 Å². The van der Waals surface area contributed by atoms with Crippen LogP contribution in [0.2, 0.25) is 0 Å². The summed E-state index contributed by atoms with van der Waals surface area (Å²) in [6, 6.07) is 5.61. The summed E-state index contributed by atoms with van der Waals surface area (Å²) in [5, 5.41) is 8.75. The number of rotatable bonds is 8. The summed E-state index contributed by atoms with van der Waals surface area (Å²) < 4.78 is 26.3. The summed E-state index contributed by atoms with van der Waals surface area (Å²) in [7, 11) is -2.20. The van der Waals surface area contributed by atoms with Gasteiger partial charge in [-0.1, -0.05) is 6.07 Å². The van der Waals surface area contributed by atoms with Gasteiger partial charge in [0.1, 0.15) is 0 Å². The van der Waals surface area contributed by atoms with E-state index in [2.05, 4.69) is 0 Å². The molecule has 24 heavy (non-hydrogen) atoms. The molecule has 0 heterocycles. The highest BCUT2D eigenvalue weighted by Crippen LogP contribution is 2.18. The Kier molecular flexibility index (Phi) is 6.92. The number of amides is 1. The Morgan fingerprint density at radius 1 is 1.25 bits per heavy atom. The number of carboxylic acids is 1. The second kappa shape index (κ2) is 8.25. The zero-order chi connectivity index (χ0) is 18.5. The number of hydrogen-bond acceptors (Lipinski definition) is 4. The van der Waals surface area contributed by atoms with E-state index in [9.17, 15) is 18.0 Å². The minimum atomic E-state index is -3.68. The summed E-state index contributed by atoms with van der Waals surface area (Å²) in [5.74, 6) is -1.38. The Hall–Kier alpha value is -1.93. The van der Waals surface area contributed by atoms with Gasteiger partial charge in [-0.25, -0.2) is 8.42 Å². The zero-order valence-electron chi connectivity index (χ0n) is 14.4. The lowest BCUT2D eigenvalue weighted by molar-refractivity contribution is -0.137. The zero-order valence-corrected chi connectivity index (χ0v) is 15.2. The smallest absolute Gasteiger partial charge is 0.305 e. The first-order chi connectivity index (χ1) is 11.1. The van der Waals surface area contributed by atoms with Crippen molar-refractivity contribution in [1.29, 1.82) is 0 Å². The van der Waals surface area contributed by atoms with Crippen LogP contribution < -0.4 is 0 Å². The first-order valence-corrected chi connectivity index (χ1v) is 9.14. The van der Waals surface area contributed by atoms with Crippen LogP contribution >= 0.6 is 0 Å². The van der Waals surface area contributed by atoms with Crippen LogP contribution in [0.5, 0.6) is 0 Å². The maximum atomic E-state index is 12.5. The van der Waals surface area contributed by atoms with E-state index >= 15 is 0 Å². The molecule has 0 aliphatic rings. The summed E-state index contributed by atoms with van der Waals surface area (Å²) in [6.45, 7) is 5.68. The van der Waals surface area contributed by atoms with Gasteiger partial charge in [0.2, 0.25) is 10.0 Å². The molecule has 0 aromatic heterocycles. The second-order valence-electron chi connectivity index (χ2n) is 5.67. The van der Waals surface area contributed by atoms with Gasteiger partial charge in [0.15, 0.2) is 0 Å². The van der Waals surface area contributed by atoms with Crippen molar-refractivity contribution in [2.75, 3.05) is 20.1 Å². The van der Waals surface area contributed by atoms with Crippen molar-refractivity contribution in [2.24, 2.45) is 0 Å². The topological polar surface area (TPSA) is 95.0 Å². The van der Waals surface area contributed by atoms with E-state index in [0.717, 1.165) is 0 Å². The fourth-order valence-electron chi connectivity index (χ4n) is 2.05. The van der Waals surface area contributed by atoms with Gasteiger partial charge < -0.3 is 10.0 Å². The second-order valence-corrected chi connectivity index (χ2v) is 7.67. The highest BCUT2D eigenvalue weighted by Gasteiger charge is 2.24. The first kappa shape index (κ1) is 20.1.